The van der Waals surface area contributed by atoms with Crippen molar-refractivity contribution >= 4 is 15.7 Å². The lowest BCUT2D eigenvalue weighted by Gasteiger charge is -2.10. The molecular formula is C12H14N4O3S. The van der Waals surface area contributed by atoms with Crippen LogP contribution in [0.4, 0.5) is 5.69 Å². The normalized spacial score (nSPS) is 11.1. The minimum atomic E-state index is -3.75. The zero-order valence-electron chi connectivity index (χ0n) is 10.8. The molecule has 0 aliphatic rings. The van der Waals surface area contributed by atoms with Crippen LogP contribution in [0.25, 0.3) is 0 Å². The number of aromatic nitrogens is 2. The number of anilines is 1. The Kier molecular flexibility index (Phi) is 4.16. The van der Waals surface area contributed by atoms with E-state index < -0.39 is 10.0 Å². The number of sulfonamides is 1. The monoisotopic (exact) mass is 294 g/mol. The van der Waals surface area contributed by atoms with E-state index in [1.807, 2.05) is 0 Å². The predicted molar refractivity (Wildman–Crippen MR) is 73.7 cm³/mol. The molecule has 0 aromatic carbocycles. The Bertz CT molecular complexity index is 686. The number of nitrogens with one attached hydrogen (secondary N) is 1. The third-order valence-electron chi connectivity index (χ3n) is 2.53. The van der Waals surface area contributed by atoms with Crippen molar-refractivity contribution in [2.24, 2.45) is 5.73 Å². The van der Waals surface area contributed by atoms with Crippen molar-refractivity contribution < 1.29 is 13.2 Å². The Morgan fingerprint density at radius 3 is 2.70 bits per heavy atom. The van der Waals surface area contributed by atoms with E-state index >= 15 is 0 Å². The van der Waals surface area contributed by atoms with Crippen LogP contribution in [0.15, 0.2) is 41.6 Å². The molecule has 3 N–H and O–H groups in total. The molecule has 2 rings (SSSR count). The fourth-order valence-corrected chi connectivity index (χ4v) is 2.84. The Hall–Kier alpha value is -2.19. The van der Waals surface area contributed by atoms with Crippen molar-refractivity contribution in [2.75, 3.05) is 11.8 Å². The minimum Gasteiger partial charge on any atom is -0.481 e. The maximum absolute atomic E-state index is 12.3. The summed E-state index contributed by atoms with van der Waals surface area (Å²) in [5.41, 5.74) is 6.13. The highest BCUT2D eigenvalue weighted by Gasteiger charge is 2.18. The number of methoxy groups -OCH3 is 1. The summed E-state index contributed by atoms with van der Waals surface area (Å²) in [6.07, 6.45) is 2.87. The predicted octanol–water partition coefficient (Wildman–Crippen LogP) is 0.745. The summed E-state index contributed by atoms with van der Waals surface area (Å²) in [7, 11) is -2.27. The van der Waals surface area contributed by atoms with Crippen molar-refractivity contribution in [3.63, 3.8) is 0 Å². The number of nitrogens with two attached hydrogens (primary N) is 1. The van der Waals surface area contributed by atoms with Gasteiger partial charge in [-0.05, 0) is 18.2 Å². The molecule has 2 aromatic heterocycles. The second kappa shape index (κ2) is 5.85. The first-order valence-electron chi connectivity index (χ1n) is 5.73. The van der Waals surface area contributed by atoms with Crippen molar-refractivity contribution in [2.45, 2.75) is 11.4 Å². The molecule has 0 saturated carbocycles. The molecule has 106 valence electrons. The summed E-state index contributed by atoms with van der Waals surface area (Å²) >= 11 is 0. The van der Waals surface area contributed by atoms with E-state index in [1.54, 1.807) is 18.2 Å². The van der Waals surface area contributed by atoms with E-state index in [0.717, 1.165) is 0 Å². The Morgan fingerprint density at radius 1 is 1.30 bits per heavy atom. The highest BCUT2D eigenvalue weighted by Crippen LogP contribution is 2.18. The van der Waals surface area contributed by atoms with Crippen LogP contribution in [0.1, 0.15) is 5.69 Å². The van der Waals surface area contributed by atoms with Gasteiger partial charge in [-0.3, -0.25) is 9.71 Å². The topological polar surface area (TPSA) is 107 Å². The summed E-state index contributed by atoms with van der Waals surface area (Å²) in [5.74, 6) is 0.400. The summed E-state index contributed by atoms with van der Waals surface area (Å²) in [5, 5.41) is 0. The molecule has 0 aliphatic carbocycles. The van der Waals surface area contributed by atoms with Gasteiger partial charge in [0.05, 0.1) is 24.7 Å². The molecule has 7 nitrogen and oxygen atoms in total. The van der Waals surface area contributed by atoms with E-state index in [2.05, 4.69) is 14.7 Å². The van der Waals surface area contributed by atoms with E-state index in [9.17, 15) is 8.42 Å². The van der Waals surface area contributed by atoms with Crippen molar-refractivity contribution in [1.82, 2.24) is 9.97 Å². The third kappa shape index (κ3) is 3.03. The van der Waals surface area contributed by atoms with E-state index in [-0.39, 0.29) is 11.4 Å². The van der Waals surface area contributed by atoms with Crippen LogP contribution in [-0.4, -0.2) is 25.5 Å². The van der Waals surface area contributed by atoms with Crippen LogP contribution >= 0.6 is 0 Å². The summed E-state index contributed by atoms with van der Waals surface area (Å²) in [6.45, 7) is 0.0396. The maximum atomic E-state index is 12.3. The van der Waals surface area contributed by atoms with Gasteiger partial charge in [-0.15, -0.1) is 0 Å². The Labute approximate surface area is 116 Å². The summed E-state index contributed by atoms with van der Waals surface area (Å²) in [4.78, 5) is 7.93. The fraction of sp³-hybridized carbons (Fsp3) is 0.167. The zero-order valence-corrected chi connectivity index (χ0v) is 11.6. The molecule has 0 atom stereocenters. The number of nitrogens with zero attached hydrogens (tertiary/aromatic N) is 2. The lowest BCUT2D eigenvalue weighted by molar-refractivity contribution is 0.398. The van der Waals surface area contributed by atoms with E-state index in [1.165, 1.54) is 25.6 Å². The van der Waals surface area contributed by atoms with Gasteiger partial charge < -0.3 is 10.5 Å². The lowest BCUT2D eigenvalue weighted by Crippen LogP contribution is -2.17. The molecule has 0 saturated heterocycles. The van der Waals surface area contributed by atoms with Gasteiger partial charge in [-0.25, -0.2) is 13.4 Å². The van der Waals surface area contributed by atoms with Crippen LogP contribution in [0.3, 0.4) is 0 Å². The first kappa shape index (κ1) is 14.2. The van der Waals surface area contributed by atoms with Gasteiger partial charge in [0, 0.05) is 18.8 Å². The quantitative estimate of drug-likeness (QED) is 0.842. The maximum Gasteiger partial charge on any atom is 0.263 e. The van der Waals surface area contributed by atoms with Gasteiger partial charge in [-0.2, -0.15) is 0 Å². The molecule has 0 unspecified atom stereocenters. The average Bonchev–Trinajstić information content (AvgIpc) is 2.47. The number of pyridine rings is 2. The molecule has 0 bridgehead atoms. The second-order valence-electron chi connectivity index (χ2n) is 3.85. The van der Waals surface area contributed by atoms with E-state index in [0.29, 0.717) is 17.3 Å². The van der Waals surface area contributed by atoms with Crippen molar-refractivity contribution in [3.8, 4) is 5.88 Å². The lowest BCUT2D eigenvalue weighted by atomic mass is 10.3. The summed E-state index contributed by atoms with van der Waals surface area (Å²) < 4.78 is 31.9. The smallest absolute Gasteiger partial charge is 0.263 e. The van der Waals surface area contributed by atoms with Crippen LogP contribution < -0.4 is 15.2 Å². The minimum absolute atomic E-state index is 0.0396. The van der Waals surface area contributed by atoms with Gasteiger partial charge in [-0.1, -0.05) is 0 Å². The zero-order chi connectivity index (χ0) is 14.6. The van der Waals surface area contributed by atoms with Gasteiger partial charge in [0.25, 0.3) is 10.0 Å². The third-order valence-corrected chi connectivity index (χ3v) is 3.98. The number of rotatable bonds is 5. The van der Waals surface area contributed by atoms with Crippen LogP contribution in [0.2, 0.25) is 0 Å². The number of hydrogen-bond acceptors (Lipinski definition) is 6. The van der Waals surface area contributed by atoms with Crippen LogP contribution in [0.5, 0.6) is 5.88 Å². The van der Waals surface area contributed by atoms with Gasteiger partial charge in [0.1, 0.15) is 4.90 Å². The van der Waals surface area contributed by atoms with E-state index in [4.69, 9.17) is 10.5 Å². The molecule has 0 radical (unpaired) electrons. The fourth-order valence-electron chi connectivity index (χ4n) is 1.59. The molecule has 2 heterocycles. The second-order valence-corrected chi connectivity index (χ2v) is 5.50. The molecular weight excluding hydrogens is 280 g/mol. The molecule has 0 amide bonds. The highest BCUT2D eigenvalue weighted by atomic mass is 32.2. The molecule has 0 fully saturated rings. The Balaban J connectivity index is 2.30. The first-order valence-corrected chi connectivity index (χ1v) is 7.22. The Morgan fingerprint density at radius 2 is 2.10 bits per heavy atom. The largest absolute Gasteiger partial charge is 0.481 e. The molecule has 8 heteroatoms. The summed E-state index contributed by atoms with van der Waals surface area (Å²) in [6, 6.07) is 6.11. The molecule has 2 aromatic rings. The SMILES string of the molecule is COc1ccc(NS(=O)(=O)c2cccnc2CN)cn1. The van der Waals surface area contributed by atoms with Gasteiger partial charge in [0.2, 0.25) is 5.88 Å². The standard InChI is InChI=1S/C12H14N4O3S/c1-19-12-5-4-9(8-15-12)16-20(17,18)11-3-2-6-14-10(11)7-13/h2-6,8,16H,7,13H2,1H3. The van der Waals surface area contributed by atoms with Gasteiger partial charge in [0.15, 0.2) is 0 Å². The van der Waals surface area contributed by atoms with Gasteiger partial charge >= 0.3 is 0 Å². The van der Waals surface area contributed by atoms with Crippen molar-refractivity contribution in [3.05, 3.63) is 42.4 Å². The highest BCUT2D eigenvalue weighted by molar-refractivity contribution is 7.92. The van der Waals surface area contributed by atoms with Crippen molar-refractivity contribution in [1.29, 1.82) is 0 Å². The molecule has 0 spiro atoms. The molecule has 0 aliphatic heterocycles. The van der Waals surface area contributed by atoms with Crippen LogP contribution in [0, 0.1) is 0 Å². The number of ether oxygens (including phenoxy) is 1. The number of hydrogen-bond donors (Lipinski definition) is 2. The van der Waals surface area contributed by atoms with Crippen LogP contribution in [-0.2, 0) is 16.6 Å². The average molecular weight is 294 g/mol. The molecule has 20 heavy (non-hydrogen) atoms. The first-order chi connectivity index (χ1) is 9.56.